The van der Waals surface area contributed by atoms with Gasteiger partial charge in [0.15, 0.2) is 0 Å². The summed E-state index contributed by atoms with van der Waals surface area (Å²) in [5, 5.41) is 0. The molecule has 0 radical (unpaired) electrons. The van der Waals surface area contributed by atoms with E-state index in [9.17, 15) is 4.79 Å². The average Bonchev–Trinajstić information content (AvgIpc) is 2.23. The molecular formula is C11H21NO2. The van der Waals surface area contributed by atoms with E-state index in [1.165, 1.54) is 7.11 Å². The van der Waals surface area contributed by atoms with Crippen molar-refractivity contribution in [2.45, 2.75) is 33.2 Å². The van der Waals surface area contributed by atoms with Crippen molar-refractivity contribution in [1.82, 2.24) is 4.90 Å². The minimum atomic E-state index is -0.302. The van der Waals surface area contributed by atoms with Crippen molar-refractivity contribution in [3.63, 3.8) is 0 Å². The first-order valence-electron chi connectivity index (χ1n) is 5.13. The van der Waals surface area contributed by atoms with Gasteiger partial charge in [0.25, 0.3) is 0 Å². The number of likely N-dealkylation sites (N-methyl/N-ethyl adjacent to an activating group) is 1. The highest BCUT2D eigenvalue weighted by atomic mass is 16.5. The SMILES string of the molecule is C=C(C(=O)OC)C(CC)N(CC)CC. The highest BCUT2D eigenvalue weighted by molar-refractivity contribution is 5.88. The predicted molar refractivity (Wildman–Crippen MR) is 58.2 cm³/mol. The van der Waals surface area contributed by atoms with Crippen LogP contribution in [-0.4, -0.2) is 37.1 Å². The van der Waals surface area contributed by atoms with Gasteiger partial charge in [0.1, 0.15) is 0 Å². The fourth-order valence-electron chi connectivity index (χ4n) is 1.66. The summed E-state index contributed by atoms with van der Waals surface area (Å²) in [4.78, 5) is 13.5. The van der Waals surface area contributed by atoms with Crippen LogP contribution in [0.2, 0.25) is 0 Å². The van der Waals surface area contributed by atoms with E-state index in [2.05, 4.69) is 37.0 Å². The maximum Gasteiger partial charge on any atom is 0.334 e. The summed E-state index contributed by atoms with van der Waals surface area (Å²) in [7, 11) is 1.39. The zero-order chi connectivity index (χ0) is 11.1. The van der Waals surface area contributed by atoms with Crippen LogP contribution in [0.1, 0.15) is 27.2 Å². The second-order valence-electron chi connectivity index (χ2n) is 3.16. The second-order valence-corrected chi connectivity index (χ2v) is 3.16. The molecule has 82 valence electrons. The fourth-order valence-corrected chi connectivity index (χ4v) is 1.66. The van der Waals surface area contributed by atoms with Crippen molar-refractivity contribution in [3.8, 4) is 0 Å². The molecule has 1 atom stereocenters. The molecule has 0 bridgehead atoms. The molecular weight excluding hydrogens is 178 g/mol. The summed E-state index contributed by atoms with van der Waals surface area (Å²) < 4.78 is 4.67. The van der Waals surface area contributed by atoms with Crippen molar-refractivity contribution in [1.29, 1.82) is 0 Å². The van der Waals surface area contributed by atoms with Gasteiger partial charge in [-0.3, -0.25) is 4.90 Å². The van der Waals surface area contributed by atoms with E-state index in [4.69, 9.17) is 0 Å². The number of rotatable bonds is 6. The molecule has 0 aromatic heterocycles. The Kier molecular flexibility index (Phi) is 6.21. The minimum Gasteiger partial charge on any atom is -0.466 e. The quantitative estimate of drug-likeness (QED) is 0.483. The lowest BCUT2D eigenvalue weighted by atomic mass is 10.0. The molecule has 0 aromatic carbocycles. The molecule has 0 N–H and O–H groups in total. The first-order valence-corrected chi connectivity index (χ1v) is 5.13. The van der Waals surface area contributed by atoms with Gasteiger partial charge in [-0.25, -0.2) is 4.79 Å². The van der Waals surface area contributed by atoms with E-state index in [0.29, 0.717) is 5.57 Å². The van der Waals surface area contributed by atoms with Crippen LogP contribution in [0.5, 0.6) is 0 Å². The molecule has 0 aliphatic heterocycles. The number of ether oxygens (including phenoxy) is 1. The molecule has 1 unspecified atom stereocenters. The summed E-state index contributed by atoms with van der Waals surface area (Å²) in [5.74, 6) is -0.302. The summed E-state index contributed by atoms with van der Waals surface area (Å²) in [6.45, 7) is 11.9. The lowest BCUT2D eigenvalue weighted by Gasteiger charge is -2.29. The second kappa shape index (κ2) is 6.60. The smallest absolute Gasteiger partial charge is 0.334 e. The van der Waals surface area contributed by atoms with Gasteiger partial charge in [0.05, 0.1) is 7.11 Å². The Hall–Kier alpha value is -0.830. The highest BCUT2D eigenvalue weighted by Gasteiger charge is 2.22. The molecule has 0 aliphatic rings. The molecule has 0 saturated carbocycles. The monoisotopic (exact) mass is 199 g/mol. The Morgan fingerprint density at radius 1 is 1.36 bits per heavy atom. The Morgan fingerprint density at radius 3 is 2.14 bits per heavy atom. The minimum absolute atomic E-state index is 0.109. The molecule has 0 aromatic rings. The predicted octanol–water partition coefficient (Wildman–Crippen LogP) is 1.84. The average molecular weight is 199 g/mol. The van der Waals surface area contributed by atoms with Gasteiger partial charge >= 0.3 is 5.97 Å². The highest BCUT2D eigenvalue weighted by Crippen LogP contribution is 2.13. The normalized spacial score (nSPS) is 12.6. The van der Waals surface area contributed by atoms with Crippen LogP contribution in [-0.2, 0) is 9.53 Å². The van der Waals surface area contributed by atoms with Crippen LogP contribution in [0.15, 0.2) is 12.2 Å². The molecule has 0 saturated heterocycles. The van der Waals surface area contributed by atoms with E-state index in [1.54, 1.807) is 0 Å². The van der Waals surface area contributed by atoms with Crippen LogP contribution < -0.4 is 0 Å². The maximum atomic E-state index is 11.3. The van der Waals surface area contributed by atoms with Crippen molar-refractivity contribution in [2.24, 2.45) is 0 Å². The number of hydrogen-bond acceptors (Lipinski definition) is 3. The first kappa shape index (κ1) is 13.2. The van der Waals surface area contributed by atoms with Gasteiger partial charge in [-0.15, -0.1) is 0 Å². The lowest BCUT2D eigenvalue weighted by molar-refractivity contribution is -0.136. The molecule has 0 amide bonds. The summed E-state index contributed by atoms with van der Waals surface area (Å²) in [6, 6.07) is 0.109. The number of carbonyl (C=O) groups excluding carboxylic acids is 1. The lowest BCUT2D eigenvalue weighted by Crippen LogP contribution is -2.38. The van der Waals surface area contributed by atoms with Gasteiger partial charge in [0.2, 0.25) is 0 Å². The zero-order valence-corrected chi connectivity index (χ0v) is 9.67. The summed E-state index contributed by atoms with van der Waals surface area (Å²) >= 11 is 0. The summed E-state index contributed by atoms with van der Waals surface area (Å²) in [5.41, 5.74) is 0.554. The Morgan fingerprint density at radius 2 is 1.86 bits per heavy atom. The van der Waals surface area contributed by atoms with E-state index >= 15 is 0 Å². The van der Waals surface area contributed by atoms with Crippen LogP contribution in [0, 0.1) is 0 Å². The van der Waals surface area contributed by atoms with Crippen molar-refractivity contribution < 1.29 is 9.53 Å². The van der Waals surface area contributed by atoms with Gasteiger partial charge in [0, 0.05) is 11.6 Å². The van der Waals surface area contributed by atoms with Gasteiger partial charge < -0.3 is 4.74 Å². The number of carbonyl (C=O) groups is 1. The van der Waals surface area contributed by atoms with E-state index in [0.717, 1.165) is 19.5 Å². The van der Waals surface area contributed by atoms with Crippen LogP contribution in [0.3, 0.4) is 0 Å². The van der Waals surface area contributed by atoms with Crippen LogP contribution in [0.25, 0.3) is 0 Å². The Bertz CT molecular complexity index is 197. The summed E-state index contributed by atoms with van der Waals surface area (Å²) in [6.07, 6.45) is 0.885. The molecule has 0 rings (SSSR count). The topological polar surface area (TPSA) is 29.5 Å². The third kappa shape index (κ3) is 3.14. The number of hydrogen-bond donors (Lipinski definition) is 0. The van der Waals surface area contributed by atoms with E-state index < -0.39 is 0 Å². The zero-order valence-electron chi connectivity index (χ0n) is 9.67. The van der Waals surface area contributed by atoms with E-state index in [1.807, 2.05) is 0 Å². The Labute approximate surface area is 86.7 Å². The molecule has 14 heavy (non-hydrogen) atoms. The number of esters is 1. The Balaban J connectivity index is 4.53. The largest absolute Gasteiger partial charge is 0.466 e. The van der Waals surface area contributed by atoms with Crippen molar-refractivity contribution in [2.75, 3.05) is 20.2 Å². The van der Waals surface area contributed by atoms with Crippen LogP contribution >= 0.6 is 0 Å². The van der Waals surface area contributed by atoms with E-state index in [-0.39, 0.29) is 12.0 Å². The first-order chi connectivity index (χ1) is 6.62. The van der Waals surface area contributed by atoms with Crippen molar-refractivity contribution >= 4 is 5.97 Å². The van der Waals surface area contributed by atoms with Gasteiger partial charge in [-0.05, 0) is 19.5 Å². The van der Waals surface area contributed by atoms with Crippen molar-refractivity contribution in [3.05, 3.63) is 12.2 Å². The molecule has 0 heterocycles. The number of nitrogens with zero attached hydrogens (tertiary/aromatic N) is 1. The standard InChI is InChI=1S/C11H21NO2/c1-6-10(12(7-2)8-3)9(4)11(13)14-5/h10H,4,6-8H2,1-3,5H3. The maximum absolute atomic E-state index is 11.3. The molecule has 0 spiro atoms. The third-order valence-corrected chi connectivity index (χ3v) is 2.49. The third-order valence-electron chi connectivity index (χ3n) is 2.49. The molecule has 0 fully saturated rings. The van der Waals surface area contributed by atoms with Gasteiger partial charge in [-0.2, -0.15) is 0 Å². The van der Waals surface area contributed by atoms with Gasteiger partial charge in [-0.1, -0.05) is 27.4 Å². The number of methoxy groups -OCH3 is 1. The molecule has 3 nitrogen and oxygen atoms in total. The molecule has 3 heteroatoms. The fraction of sp³-hybridized carbons (Fsp3) is 0.727. The molecule has 0 aliphatic carbocycles. The van der Waals surface area contributed by atoms with Crippen LogP contribution in [0.4, 0.5) is 0 Å².